The van der Waals surface area contributed by atoms with Crippen LogP contribution in [0.25, 0.3) is 0 Å². The van der Waals surface area contributed by atoms with E-state index in [2.05, 4.69) is 0 Å². The van der Waals surface area contributed by atoms with Crippen molar-refractivity contribution in [2.45, 2.75) is 24.2 Å². The summed E-state index contributed by atoms with van der Waals surface area (Å²) in [6.45, 7) is 2.32. The van der Waals surface area contributed by atoms with Crippen LogP contribution in [0.2, 0.25) is 0 Å². The third kappa shape index (κ3) is 3.01. The number of hydrogen-bond acceptors (Lipinski definition) is 4. The number of amides is 3. The summed E-state index contributed by atoms with van der Waals surface area (Å²) in [7, 11) is 1.69. The van der Waals surface area contributed by atoms with E-state index in [0.717, 1.165) is 0 Å². The maximum Gasteiger partial charge on any atom is 0.319 e. The molecule has 0 N–H and O–H groups in total. The topological polar surface area (TPSA) is 81.2 Å². The second kappa shape index (κ2) is 7.23. The molecular weight excluding hydrogens is 404 g/mol. The summed E-state index contributed by atoms with van der Waals surface area (Å²) >= 11 is 0. The molecule has 3 aliphatic rings. The highest BCUT2D eigenvalue weighted by atomic mass is 32.2. The van der Waals surface area contributed by atoms with E-state index in [-0.39, 0.29) is 17.4 Å². The van der Waals surface area contributed by atoms with Gasteiger partial charge in [-0.15, -0.1) is 0 Å². The maximum absolute atomic E-state index is 13.3. The third-order valence-corrected chi connectivity index (χ3v) is 9.23. The fraction of sp³-hybridized carbons (Fsp3) is 0.619. The third-order valence-electron chi connectivity index (χ3n) is 7.31. The van der Waals surface area contributed by atoms with E-state index in [1.807, 2.05) is 7.05 Å². The van der Waals surface area contributed by atoms with Gasteiger partial charge in [-0.1, -0.05) is 18.2 Å². The molecule has 2 spiro atoms. The SMILES string of the molecule is CN(C)C(=O)N1CC2(CCN(S(=O)(=O)c3ccccc3)CC2)C2(CCN(C)C2=O)C1. The molecule has 4 rings (SSSR count). The molecule has 1 aromatic rings. The molecule has 0 bridgehead atoms. The van der Waals surface area contributed by atoms with E-state index < -0.39 is 15.4 Å². The highest BCUT2D eigenvalue weighted by molar-refractivity contribution is 7.89. The van der Waals surface area contributed by atoms with Crippen LogP contribution in [0.1, 0.15) is 19.3 Å². The lowest BCUT2D eigenvalue weighted by molar-refractivity contribution is -0.140. The summed E-state index contributed by atoms with van der Waals surface area (Å²) in [5.74, 6) is 0.0934. The Morgan fingerprint density at radius 1 is 1.00 bits per heavy atom. The zero-order valence-corrected chi connectivity index (χ0v) is 18.7. The number of rotatable bonds is 2. The molecule has 0 aliphatic carbocycles. The quantitative estimate of drug-likeness (QED) is 0.703. The van der Waals surface area contributed by atoms with E-state index >= 15 is 0 Å². The number of likely N-dealkylation sites (tertiary alicyclic amines) is 2. The fourth-order valence-electron chi connectivity index (χ4n) is 5.59. The molecule has 0 saturated carbocycles. The number of nitrogens with zero attached hydrogens (tertiary/aromatic N) is 4. The molecule has 3 aliphatic heterocycles. The van der Waals surface area contributed by atoms with Crippen LogP contribution in [0.5, 0.6) is 0 Å². The Balaban J connectivity index is 1.62. The monoisotopic (exact) mass is 434 g/mol. The molecule has 9 heteroatoms. The minimum Gasteiger partial charge on any atom is -0.345 e. The molecule has 164 valence electrons. The van der Waals surface area contributed by atoms with Crippen molar-refractivity contribution in [2.75, 3.05) is 53.9 Å². The van der Waals surface area contributed by atoms with Gasteiger partial charge in [0.15, 0.2) is 0 Å². The average molecular weight is 435 g/mol. The molecule has 3 saturated heterocycles. The normalized spacial score (nSPS) is 26.7. The lowest BCUT2D eigenvalue weighted by Crippen LogP contribution is -2.53. The number of piperidine rings is 1. The van der Waals surface area contributed by atoms with Crippen LogP contribution >= 0.6 is 0 Å². The molecule has 1 aromatic carbocycles. The first-order valence-electron chi connectivity index (χ1n) is 10.4. The van der Waals surface area contributed by atoms with Crippen LogP contribution < -0.4 is 0 Å². The highest BCUT2D eigenvalue weighted by Crippen LogP contribution is 2.58. The number of carbonyl (C=O) groups excluding carboxylic acids is 2. The van der Waals surface area contributed by atoms with Gasteiger partial charge in [0.25, 0.3) is 0 Å². The average Bonchev–Trinajstić information content (AvgIpc) is 3.21. The summed E-state index contributed by atoms with van der Waals surface area (Å²) in [4.78, 5) is 31.4. The number of sulfonamides is 1. The van der Waals surface area contributed by atoms with Crippen molar-refractivity contribution in [1.29, 1.82) is 0 Å². The largest absolute Gasteiger partial charge is 0.345 e. The standard InChI is InChI=1S/C21H30N4O4S/c1-22(2)19(27)24-15-20(21(16-24)11-12-23(3)18(21)26)9-13-25(14-10-20)30(28,29)17-7-5-4-6-8-17/h4-8H,9-16H2,1-3H3. The van der Waals surface area contributed by atoms with Crippen molar-refractivity contribution in [3.63, 3.8) is 0 Å². The molecule has 1 unspecified atom stereocenters. The molecule has 0 aromatic heterocycles. The minimum atomic E-state index is -3.56. The van der Waals surface area contributed by atoms with Gasteiger partial charge in [-0.05, 0) is 31.4 Å². The Morgan fingerprint density at radius 3 is 2.17 bits per heavy atom. The van der Waals surface area contributed by atoms with Crippen molar-refractivity contribution in [3.8, 4) is 0 Å². The summed E-state index contributed by atoms with van der Waals surface area (Å²) in [5.41, 5.74) is -1.00. The molecule has 0 radical (unpaired) electrons. The first kappa shape index (κ1) is 21.1. The number of carbonyl (C=O) groups is 2. The van der Waals surface area contributed by atoms with Crippen LogP contribution in [0, 0.1) is 10.8 Å². The Kier molecular flexibility index (Phi) is 5.09. The fourth-order valence-corrected chi connectivity index (χ4v) is 7.05. The number of benzene rings is 1. The first-order valence-corrected chi connectivity index (χ1v) is 11.8. The van der Waals surface area contributed by atoms with Gasteiger partial charge in [0, 0.05) is 59.3 Å². The predicted molar refractivity (Wildman–Crippen MR) is 112 cm³/mol. The molecule has 30 heavy (non-hydrogen) atoms. The van der Waals surface area contributed by atoms with Gasteiger partial charge >= 0.3 is 6.03 Å². The molecular formula is C21H30N4O4S. The van der Waals surface area contributed by atoms with Crippen LogP contribution in [0.4, 0.5) is 4.79 Å². The molecule has 3 amide bonds. The molecule has 8 nitrogen and oxygen atoms in total. The van der Waals surface area contributed by atoms with Gasteiger partial charge in [-0.3, -0.25) is 4.79 Å². The second-order valence-corrected chi connectivity index (χ2v) is 11.0. The van der Waals surface area contributed by atoms with E-state index in [4.69, 9.17) is 0 Å². The van der Waals surface area contributed by atoms with Gasteiger partial charge in [-0.25, -0.2) is 13.2 Å². The summed E-state index contributed by atoms with van der Waals surface area (Å²) < 4.78 is 27.7. The zero-order valence-electron chi connectivity index (χ0n) is 17.9. The Morgan fingerprint density at radius 2 is 1.63 bits per heavy atom. The van der Waals surface area contributed by atoms with Crippen LogP contribution in [0.3, 0.4) is 0 Å². The zero-order chi connectivity index (χ0) is 21.7. The van der Waals surface area contributed by atoms with Gasteiger partial charge in [-0.2, -0.15) is 4.31 Å². The van der Waals surface area contributed by atoms with E-state index in [1.165, 1.54) is 4.31 Å². The van der Waals surface area contributed by atoms with Crippen LogP contribution in [-0.2, 0) is 14.8 Å². The van der Waals surface area contributed by atoms with E-state index in [0.29, 0.717) is 56.9 Å². The summed E-state index contributed by atoms with van der Waals surface area (Å²) in [6, 6.07) is 8.38. The Hall–Kier alpha value is -2.13. The van der Waals surface area contributed by atoms with Crippen LogP contribution in [0.15, 0.2) is 35.2 Å². The van der Waals surface area contributed by atoms with Crippen LogP contribution in [-0.4, -0.2) is 93.2 Å². The molecule has 3 heterocycles. The highest BCUT2D eigenvalue weighted by Gasteiger charge is 2.65. The molecule has 3 fully saturated rings. The lowest BCUT2D eigenvalue weighted by atomic mass is 9.60. The maximum atomic E-state index is 13.3. The number of urea groups is 1. The smallest absolute Gasteiger partial charge is 0.319 e. The van der Waals surface area contributed by atoms with Gasteiger partial charge < -0.3 is 14.7 Å². The number of fused-ring (bicyclic) bond motifs is 1. The lowest BCUT2D eigenvalue weighted by Gasteiger charge is -2.46. The first-order chi connectivity index (χ1) is 14.1. The minimum absolute atomic E-state index is 0.0899. The van der Waals surface area contributed by atoms with Crippen molar-refractivity contribution < 1.29 is 18.0 Å². The summed E-state index contributed by atoms with van der Waals surface area (Å²) in [5, 5.41) is 0. The number of hydrogen-bond donors (Lipinski definition) is 0. The predicted octanol–water partition coefficient (Wildman–Crippen LogP) is 1.30. The van der Waals surface area contributed by atoms with Crippen molar-refractivity contribution >= 4 is 22.0 Å². The molecule has 1 atom stereocenters. The van der Waals surface area contributed by atoms with E-state index in [9.17, 15) is 18.0 Å². The van der Waals surface area contributed by atoms with Crippen molar-refractivity contribution in [3.05, 3.63) is 30.3 Å². The van der Waals surface area contributed by atoms with Gasteiger partial charge in [0.05, 0.1) is 10.3 Å². The van der Waals surface area contributed by atoms with Gasteiger partial charge in [0.2, 0.25) is 15.9 Å². The van der Waals surface area contributed by atoms with E-state index in [1.54, 1.807) is 59.1 Å². The summed E-state index contributed by atoms with van der Waals surface area (Å²) in [6.07, 6.45) is 1.87. The Labute approximate surface area is 178 Å². The van der Waals surface area contributed by atoms with Crippen molar-refractivity contribution in [1.82, 2.24) is 19.0 Å². The second-order valence-electron chi connectivity index (χ2n) is 9.09. The van der Waals surface area contributed by atoms with Crippen molar-refractivity contribution in [2.24, 2.45) is 10.8 Å². The Bertz CT molecular complexity index is 941. The van der Waals surface area contributed by atoms with Gasteiger partial charge in [0.1, 0.15) is 0 Å².